The summed E-state index contributed by atoms with van der Waals surface area (Å²) in [5, 5.41) is 14.9. The van der Waals surface area contributed by atoms with Crippen LogP contribution in [0.2, 0.25) is 0 Å². The number of hydrogen-bond donors (Lipinski definition) is 3. The van der Waals surface area contributed by atoms with Crippen LogP contribution >= 0.6 is 0 Å². The molecule has 7 heteroatoms. The Morgan fingerprint density at radius 1 is 1.33 bits per heavy atom. The topological polar surface area (TPSA) is 67.8 Å². The molecule has 134 valence electrons. The van der Waals surface area contributed by atoms with E-state index < -0.39 is 6.10 Å². The number of halogens is 1. The SMILES string of the molecule is CC[C@@H](O)CCNC(=O)Nc1cc(F)ccc1N1CCN(C)CC1. The van der Waals surface area contributed by atoms with E-state index in [9.17, 15) is 14.3 Å². The molecule has 1 heterocycles. The highest BCUT2D eigenvalue weighted by Crippen LogP contribution is 2.27. The van der Waals surface area contributed by atoms with E-state index in [0.717, 1.165) is 31.9 Å². The van der Waals surface area contributed by atoms with Crippen molar-refractivity contribution in [2.45, 2.75) is 25.9 Å². The minimum Gasteiger partial charge on any atom is -0.393 e. The average molecular weight is 338 g/mol. The third-order valence-corrected chi connectivity index (χ3v) is 4.29. The van der Waals surface area contributed by atoms with Crippen LogP contribution in [0.3, 0.4) is 0 Å². The average Bonchev–Trinajstić information content (AvgIpc) is 2.56. The van der Waals surface area contributed by atoms with Crippen molar-refractivity contribution in [1.29, 1.82) is 0 Å². The molecule has 3 N–H and O–H groups in total. The standard InChI is InChI=1S/C17H27FN4O2/c1-3-14(23)6-7-19-17(24)20-15-12-13(18)4-5-16(15)22-10-8-21(2)9-11-22/h4-5,12,14,23H,3,6-11H2,1-2H3,(H2,19,20,24)/t14-/m1/s1. The summed E-state index contributed by atoms with van der Waals surface area (Å²) in [5.41, 5.74) is 1.29. The highest BCUT2D eigenvalue weighted by molar-refractivity contribution is 5.93. The van der Waals surface area contributed by atoms with Crippen molar-refractivity contribution < 1.29 is 14.3 Å². The zero-order valence-corrected chi connectivity index (χ0v) is 14.4. The van der Waals surface area contributed by atoms with Gasteiger partial charge >= 0.3 is 6.03 Å². The van der Waals surface area contributed by atoms with E-state index in [-0.39, 0.29) is 11.8 Å². The van der Waals surface area contributed by atoms with E-state index >= 15 is 0 Å². The number of carbonyl (C=O) groups excluding carboxylic acids is 1. The van der Waals surface area contributed by atoms with E-state index in [4.69, 9.17) is 0 Å². The molecule has 0 radical (unpaired) electrons. The number of likely N-dealkylation sites (N-methyl/N-ethyl adjacent to an activating group) is 1. The molecule has 1 saturated heterocycles. The van der Waals surface area contributed by atoms with Gasteiger partial charge in [0, 0.05) is 32.7 Å². The molecule has 1 atom stereocenters. The van der Waals surface area contributed by atoms with E-state index in [0.29, 0.717) is 25.1 Å². The van der Waals surface area contributed by atoms with Crippen LogP contribution in [0.5, 0.6) is 0 Å². The number of benzene rings is 1. The molecule has 2 amide bonds. The van der Waals surface area contributed by atoms with Crippen molar-refractivity contribution in [1.82, 2.24) is 10.2 Å². The minimum atomic E-state index is -0.416. The van der Waals surface area contributed by atoms with Crippen LogP contribution in [0, 0.1) is 5.82 Å². The molecule has 0 unspecified atom stereocenters. The Bertz CT molecular complexity index is 547. The first-order chi connectivity index (χ1) is 11.5. The number of hydrogen-bond acceptors (Lipinski definition) is 4. The van der Waals surface area contributed by atoms with Crippen LogP contribution < -0.4 is 15.5 Å². The van der Waals surface area contributed by atoms with Crippen LogP contribution in [-0.2, 0) is 0 Å². The normalized spacial score (nSPS) is 16.8. The molecular weight excluding hydrogens is 311 g/mol. The number of piperazine rings is 1. The lowest BCUT2D eigenvalue weighted by Crippen LogP contribution is -2.45. The molecule has 1 aliphatic rings. The second-order valence-corrected chi connectivity index (χ2v) is 6.18. The molecule has 1 aromatic rings. The van der Waals surface area contributed by atoms with Crippen molar-refractivity contribution >= 4 is 17.4 Å². The molecule has 0 aromatic heterocycles. The number of nitrogens with zero attached hydrogens (tertiary/aromatic N) is 2. The van der Waals surface area contributed by atoms with E-state index in [1.54, 1.807) is 6.07 Å². The summed E-state index contributed by atoms with van der Waals surface area (Å²) in [7, 11) is 2.07. The number of aliphatic hydroxyl groups is 1. The van der Waals surface area contributed by atoms with Crippen LogP contribution in [-0.4, -0.2) is 61.9 Å². The molecule has 0 bridgehead atoms. The smallest absolute Gasteiger partial charge is 0.319 e. The third kappa shape index (κ3) is 5.35. The second-order valence-electron chi connectivity index (χ2n) is 6.18. The highest BCUT2D eigenvalue weighted by atomic mass is 19.1. The summed E-state index contributed by atoms with van der Waals surface area (Å²) >= 11 is 0. The van der Waals surface area contributed by atoms with Crippen LogP contribution in [0.25, 0.3) is 0 Å². The highest BCUT2D eigenvalue weighted by Gasteiger charge is 2.18. The maximum Gasteiger partial charge on any atom is 0.319 e. The van der Waals surface area contributed by atoms with Crippen LogP contribution in [0.15, 0.2) is 18.2 Å². The zero-order valence-electron chi connectivity index (χ0n) is 14.4. The van der Waals surface area contributed by atoms with Gasteiger partial charge in [-0.1, -0.05) is 6.92 Å². The molecular formula is C17H27FN4O2. The maximum atomic E-state index is 13.6. The Morgan fingerprint density at radius 3 is 2.71 bits per heavy atom. The number of aliphatic hydroxyl groups excluding tert-OH is 1. The molecule has 1 aromatic carbocycles. The molecule has 2 rings (SSSR count). The predicted molar refractivity (Wildman–Crippen MR) is 94.0 cm³/mol. The van der Waals surface area contributed by atoms with Crippen molar-refractivity contribution in [3.63, 3.8) is 0 Å². The molecule has 1 aliphatic heterocycles. The van der Waals surface area contributed by atoms with Gasteiger partial charge in [0.15, 0.2) is 0 Å². The van der Waals surface area contributed by atoms with Gasteiger partial charge in [-0.15, -0.1) is 0 Å². The molecule has 1 fully saturated rings. The van der Waals surface area contributed by atoms with Crippen LogP contribution in [0.1, 0.15) is 19.8 Å². The predicted octanol–water partition coefficient (Wildman–Crippen LogP) is 1.86. The lowest BCUT2D eigenvalue weighted by atomic mass is 10.2. The van der Waals surface area contributed by atoms with E-state index in [1.165, 1.54) is 12.1 Å². The number of amides is 2. The molecule has 0 saturated carbocycles. The summed E-state index contributed by atoms with van der Waals surface area (Å²) in [4.78, 5) is 16.4. The maximum absolute atomic E-state index is 13.6. The first-order valence-corrected chi connectivity index (χ1v) is 8.45. The van der Waals surface area contributed by atoms with Gasteiger partial charge in [0.25, 0.3) is 0 Å². The molecule has 0 aliphatic carbocycles. The van der Waals surface area contributed by atoms with E-state index in [2.05, 4.69) is 27.5 Å². The number of anilines is 2. The van der Waals surface area contributed by atoms with Crippen molar-refractivity contribution in [3.05, 3.63) is 24.0 Å². The van der Waals surface area contributed by atoms with Crippen molar-refractivity contribution in [2.24, 2.45) is 0 Å². The van der Waals surface area contributed by atoms with E-state index in [1.807, 2.05) is 6.92 Å². The Morgan fingerprint density at radius 2 is 2.04 bits per heavy atom. The van der Waals surface area contributed by atoms with Crippen molar-refractivity contribution in [2.75, 3.05) is 50.0 Å². The quantitative estimate of drug-likeness (QED) is 0.741. The Kier molecular flexibility index (Phi) is 6.81. The minimum absolute atomic E-state index is 0.375. The largest absolute Gasteiger partial charge is 0.393 e. The first kappa shape index (κ1) is 18.5. The zero-order chi connectivity index (χ0) is 17.5. The fourth-order valence-corrected chi connectivity index (χ4v) is 2.65. The number of urea groups is 1. The van der Waals surface area contributed by atoms with Gasteiger partial charge < -0.3 is 25.5 Å². The van der Waals surface area contributed by atoms with Gasteiger partial charge in [-0.05, 0) is 38.1 Å². The summed E-state index contributed by atoms with van der Waals surface area (Å²) in [6.07, 6.45) is 0.736. The van der Waals surface area contributed by atoms with Gasteiger partial charge in [0.1, 0.15) is 5.82 Å². The summed E-state index contributed by atoms with van der Waals surface area (Å²) in [6, 6.07) is 4.07. The molecule has 24 heavy (non-hydrogen) atoms. The summed E-state index contributed by atoms with van der Waals surface area (Å²) in [6.45, 7) is 5.79. The number of nitrogens with one attached hydrogen (secondary N) is 2. The fourth-order valence-electron chi connectivity index (χ4n) is 2.65. The Balaban J connectivity index is 1.98. The second kappa shape index (κ2) is 8.84. The number of carbonyl (C=O) groups is 1. The molecule has 0 spiro atoms. The summed E-state index contributed by atoms with van der Waals surface area (Å²) in [5.74, 6) is -0.385. The number of rotatable bonds is 6. The van der Waals surface area contributed by atoms with Gasteiger partial charge in [-0.3, -0.25) is 0 Å². The lowest BCUT2D eigenvalue weighted by Gasteiger charge is -2.35. The fraction of sp³-hybridized carbons (Fsp3) is 0.588. The monoisotopic (exact) mass is 338 g/mol. The third-order valence-electron chi connectivity index (χ3n) is 4.29. The lowest BCUT2D eigenvalue weighted by molar-refractivity contribution is 0.160. The van der Waals surface area contributed by atoms with Gasteiger partial charge in [-0.25, -0.2) is 9.18 Å². The Labute approximate surface area is 142 Å². The Hall–Kier alpha value is -1.86. The van der Waals surface area contributed by atoms with Crippen molar-refractivity contribution in [3.8, 4) is 0 Å². The molecule has 6 nitrogen and oxygen atoms in total. The van der Waals surface area contributed by atoms with Gasteiger partial charge in [-0.2, -0.15) is 0 Å². The van der Waals surface area contributed by atoms with Gasteiger partial charge in [0.05, 0.1) is 17.5 Å². The summed E-state index contributed by atoms with van der Waals surface area (Å²) < 4.78 is 13.6. The van der Waals surface area contributed by atoms with Gasteiger partial charge in [0.2, 0.25) is 0 Å². The first-order valence-electron chi connectivity index (χ1n) is 8.45. The van der Waals surface area contributed by atoms with Crippen LogP contribution in [0.4, 0.5) is 20.6 Å².